The Morgan fingerprint density at radius 1 is 0.929 bits per heavy atom. The zero-order chi connectivity index (χ0) is 19.7. The van der Waals surface area contributed by atoms with Crippen LogP contribution in [-0.4, -0.2) is 16.0 Å². The molecule has 4 rings (SSSR count). The van der Waals surface area contributed by atoms with E-state index < -0.39 is 11.7 Å². The van der Waals surface area contributed by atoms with Crippen molar-refractivity contribution in [2.24, 2.45) is 0 Å². The molecule has 0 N–H and O–H groups in total. The van der Waals surface area contributed by atoms with Crippen molar-refractivity contribution in [3.8, 4) is 0 Å². The van der Waals surface area contributed by atoms with Gasteiger partial charge in [-0.2, -0.15) is 13.2 Å². The molecule has 0 radical (unpaired) electrons. The zero-order valence-electron chi connectivity index (χ0n) is 15.8. The van der Waals surface area contributed by atoms with Gasteiger partial charge in [0.15, 0.2) is 0 Å². The van der Waals surface area contributed by atoms with Crippen molar-refractivity contribution >= 4 is 0 Å². The third-order valence-electron chi connectivity index (χ3n) is 5.41. The summed E-state index contributed by atoms with van der Waals surface area (Å²) < 4.78 is 41.2. The molecule has 0 unspecified atom stereocenters. The van der Waals surface area contributed by atoms with Gasteiger partial charge in [0.05, 0.1) is 11.6 Å². The number of benzene rings is 2. The smallest absolute Gasteiger partial charge is 0.350 e. The van der Waals surface area contributed by atoms with Crippen molar-refractivity contribution in [2.45, 2.75) is 38.7 Å². The van der Waals surface area contributed by atoms with Gasteiger partial charge in [0.2, 0.25) is 0 Å². The van der Waals surface area contributed by atoms with Crippen LogP contribution in [0.25, 0.3) is 0 Å². The topological polar surface area (TPSA) is 8.17 Å². The van der Waals surface area contributed by atoms with Crippen LogP contribution in [0.2, 0.25) is 0 Å². The summed E-state index contributed by atoms with van der Waals surface area (Å²) in [5.74, 6) is 0. The first-order valence-electron chi connectivity index (χ1n) is 9.53. The maximum atomic E-state index is 13.0. The molecular weight excluding hydrogens is 361 g/mol. The van der Waals surface area contributed by atoms with Crippen LogP contribution in [0, 0.1) is 6.92 Å². The Morgan fingerprint density at radius 2 is 1.64 bits per heavy atom. The van der Waals surface area contributed by atoms with Crippen molar-refractivity contribution < 1.29 is 13.2 Å². The highest BCUT2D eigenvalue weighted by Gasteiger charge is 2.32. The van der Waals surface area contributed by atoms with Crippen molar-refractivity contribution in [1.82, 2.24) is 9.47 Å². The Balaban J connectivity index is 1.71. The van der Waals surface area contributed by atoms with Gasteiger partial charge in [-0.3, -0.25) is 4.90 Å². The number of halogens is 3. The van der Waals surface area contributed by atoms with Gasteiger partial charge in [-0.15, -0.1) is 0 Å². The fraction of sp³-hybridized carbons (Fsp3) is 0.304. The standard InChI is InChI=1S/C23H23F3N2/c1-17-5-7-18(8-6-17)16-28-15-3-14-27-13-2-4-21(27)22(28)19-9-11-20(12-10-19)23(24,25)26/h2,4-13,22H,3,14-16H2,1H3/t22-/m0/s1. The van der Waals surface area contributed by atoms with Crippen LogP contribution in [0.4, 0.5) is 13.2 Å². The SMILES string of the molecule is Cc1ccc(CN2CCCn3cccc3[C@@H]2c2ccc(C(F)(F)F)cc2)cc1. The number of alkyl halides is 3. The van der Waals surface area contributed by atoms with Crippen LogP contribution in [0.15, 0.2) is 66.9 Å². The fourth-order valence-corrected chi connectivity index (χ4v) is 3.97. The Kier molecular flexibility index (Phi) is 5.02. The number of rotatable bonds is 3. The Hall–Kier alpha value is -2.53. The molecule has 1 aliphatic rings. The van der Waals surface area contributed by atoms with Crippen molar-refractivity contribution in [3.05, 3.63) is 94.8 Å². The average molecular weight is 384 g/mol. The van der Waals surface area contributed by atoms with Crippen LogP contribution in [0.5, 0.6) is 0 Å². The van der Waals surface area contributed by atoms with Gasteiger partial charge in [0.25, 0.3) is 0 Å². The van der Waals surface area contributed by atoms with E-state index in [2.05, 4.69) is 52.9 Å². The number of hydrogen-bond acceptors (Lipinski definition) is 1. The predicted octanol–water partition coefficient (Wildman–Crippen LogP) is 5.81. The second-order valence-corrected chi connectivity index (χ2v) is 7.46. The summed E-state index contributed by atoms with van der Waals surface area (Å²) in [5, 5.41) is 0. The van der Waals surface area contributed by atoms with E-state index in [1.807, 2.05) is 6.07 Å². The van der Waals surface area contributed by atoms with Gasteiger partial charge in [-0.1, -0.05) is 42.0 Å². The van der Waals surface area contributed by atoms with Crippen molar-refractivity contribution in [3.63, 3.8) is 0 Å². The van der Waals surface area contributed by atoms with Gasteiger partial charge < -0.3 is 4.57 Å². The van der Waals surface area contributed by atoms with E-state index in [-0.39, 0.29) is 6.04 Å². The first-order chi connectivity index (χ1) is 13.4. The first-order valence-corrected chi connectivity index (χ1v) is 9.53. The molecule has 1 aromatic heterocycles. The van der Waals surface area contributed by atoms with Gasteiger partial charge in [-0.25, -0.2) is 0 Å². The number of hydrogen-bond donors (Lipinski definition) is 0. The van der Waals surface area contributed by atoms with Crippen LogP contribution < -0.4 is 0 Å². The number of aryl methyl sites for hydroxylation is 2. The Bertz CT molecular complexity index is 924. The van der Waals surface area contributed by atoms with E-state index in [0.717, 1.165) is 37.3 Å². The maximum absolute atomic E-state index is 13.0. The zero-order valence-corrected chi connectivity index (χ0v) is 15.8. The van der Waals surface area contributed by atoms with E-state index in [9.17, 15) is 13.2 Å². The van der Waals surface area contributed by atoms with Crippen LogP contribution >= 0.6 is 0 Å². The summed E-state index contributed by atoms with van der Waals surface area (Å²) in [7, 11) is 0. The van der Waals surface area contributed by atoms with Crippen molar-refractivity contribution in [2.75, 3.05) is 6.54 Å². The average Bonchev–Trinajstić information content (AvgIpc) is 3.05. The molecule has 2 aromatic carbocycles. The summed E-state index contributed by atoms with van der Waals surface area (Å²) in [6.07, 6.45) is -1.25. The van der Waals surface area contributed by atoms with E-state index >= 15 is 0 Å². The molecule has 0 aliphatic carbocycles. The molecule has 5 heteroatoms. The molecule has 28 heavy (non-hydrogen) atoms. The lowest BCUT2D eigenvalue weighted by Gasteiger charge is -2.31. The molecule has 0 bridgehead atoms. The minimum absolute atomic E-state index is 0.0684. The van der Waals surface area contributed by atoms with Gasteiger partial charge in [0, 0.05) is 31.5 Å². The third-order valence-corrected chi connectivity index (χ3v) is 5.41. The van der Waals surface area contributed by atoms with E-state index in [4.69, 9.17) is 0 Å². The van der Waals surface area contributed by atoms with Gasteiger partial charge >= 0.3 is 6.18 Å². The maximum Gasteiger partial charge on any atom is 0.416 e. The summed E-state index contributed by atoms with van der Waals surface area (Å²) >= 11 is 0. The van der Waals surface area contributed by atoms with Crippen LogP contribution in [0.1, 0.15) is 40.4 Å². The third kappa shape index (κ3) is 3.85. The molecule has 3 aromatic rings. The second-order valence-electron chi connectivity index (χ2n) is 7.46. The van der Waals surface area contributed by atoms with E-state index in [1.54, 1.807) is 12.1 Å². The molecule has 0 amide bonds. The summed E-state index contributed by atoms with van der Waals surface area (Å²) in [4.78, 5) is 2.37. The molecule has 0 saturated carbocycles. The first kappa shape index (κ1) is 18.8. The summed E-state index contributed by atoms with van der Waals surface area (Å²) in [6, 6.07) is 18.1. The summed E-state index contributed by atoms with van der Waals surface area (Å²) in [6.45, 7) is 4.63. The highest BCUT2D eigenvalue weighted by atomic mass is 19.4. The molecule has 0 fully saturated rings. The highest BCUT2D eigenvalue weighted by molar-refractivity contribution is 5.33. The highest BCUT2D eigenvalue weighted by Crippen LogP contribution is 2.35. The molecule has 146 valence electrons. The second kappa shape index (κ2) is 7.47. The number of fused-ring (bicyclic) bond motifs is 1. The van der Waals surface area contributed by atoms with Crippen molar-refractivity contribution in [1.29, 1.82) is 0 Å². The minimum atomic E-state index is -4.32. The molecule has 0 saturated heterocycles. The number of aromatic nitrogens is 1. The van der Waals surface area contributed by atoms with E-state index in [1.165, 1.54) is 23.3 Å². The predicted molar refractivity (Wildman–Crippen MR) is 104 cm³/mol. The monoisotopic (exact) mass is 384 g/mol. The Labute approximate surface area is 163 Å². The lowest BCUT2D eigenvalue weighted by molar-refractivity contribution is -0.137. The van der Waals surface area contributed by atoms with Crippen LogP contribution in [0.3, 0.4) is 0 Å². The van der Waals surface area contributed by atoms with Gasteiger partial charge in [0.1, 0.15) is 0 Å². The normalized spacial score (nSPS) is 17.9. The van der Waals surface area contributed by atoms with Crippen LogP contribution in [-0.2, 0) is 19.3 Å². The minimum Gasteiger partial charge on any atom is -0.350 e. The van der Waals surface area contributed by atoms with E-state index in [0.29, 0.717) is 0 Å². The number of nitrogens with zero attached hydrogens (tertiary/aromatic N) is 2. The molecule has 1 atom stereocenters. The molecule has 0 spiro atoms. The molecular formula is C23H23F3N2. The summed E-state index contributed by atoms with van der Waals surface area (Å²) in [5.41, 5.74) is 3.84. The largest absolute Gasteiger partial charge is 0.416 e. The van der Waals surface area contributed by atoms with Gasteiger partial charge in [-0.05, 0) is 48.7 Å². The lowest BCUT2D eigenvalue weighted by Crippen LogP contribution is -2.29. The molecule has 2 heterocycles. The quantitative estimate of drug-likeness (QED) is 0.553. The molecule has 1 aliphatic heterocycles. The lowest BCUT2D eigenvalue weighted by atomic mass is 9.99. The Morgan fingerprint density at radius 3 is 2.32 bits per heavy atom. The fourth-order valence-electron chi connectivity index (χ4n) is 3.97. The molecule has 2 nitrogen and oxygen atoms in total.